The SMILES string of the molecule is O=C1CCOCC1.[N]. The van der Waals surface area contributed by atoms with Crippen LogP contribution in [0.15, 0.2) is 0 Å². The summed E-state index contributed by atoms with van der Waals surface area (Å²) in [5, 5.41) is 0. The minimum Gasteiger partial charge on any atom is -0.381 e. The van der Waals surface area contributed by atoms with Gasteiger partial charge in [0.05, 0.1) is 13.2 Å². The summed E-state index contributed by atoms with van der Waals surface area (Å²) in [4.78, 5) is 10.4. The van der Waals surface area contributed by atoms with Crippen LogP contribution in [0, 0.1) is 0 Å². The third-order valence-corrected chi connectivity index (χ3v) is 1.05. The number of carbonyl (C=O) groups is 1. The van der Waals surface area contributed by atoms with Crippen LogP contribution in [-0.2, 0) is 9.53 Å². The van der Waals surface area contributed by atoms with E-state index in [1.165, 1.54) is 0 Å². The van der Waals surface area contributed by atoms with E-state index in [2.05, 4.69) is 0 Å². The Balaban J connectivity index is 0.000000490. The summed E-state index contributed by atoms with van der Waals surface area (Å²) < 4.78 is 4.92. The highest BCUT2D eigenvalue weighted by Crippen LogP contribution is 1.98. The van der Waals surface area contributed by atoms with Gasteiger partial charge in [-0.3, -0.25) is 4.79 Å². The second-order valence-corrected chi connectivity index (χ2v) is 1.65. The average molecular weight is 114 g/mol. The van der Waals surface area contributed by atoms with Crippen LogP contribution in [0.1, 0.15) is 12.8 Å². The zero-order valence-corrected chi connectivity index (χ0v) is 4.59. The predicted molar refractivity (Wildman–Crippen MR) is 27.2 cm³/mol. The van der Waals surface area contributed by atoms with E-state index < -0.39 is 0 Å². The number of hydrogen-bond acceptors (Lipinski definition) is 2. The summed E-state index contributed by atoms with van der Waals surface area (Å²) >= 11 is 0. The van der Waals surface area contributed by atoms with Crippen molar-refractivity contribution in [1.82, 2.24) is 6.15 Å². The summed E-state index contributed by atoms with van der Waals surface area (Å²) in [7, 11) is 0. The molecule has 0 aliphatic carbocycles. The van der Waals surface area contributed by atoms with Crippen LogP contribution in [0.25, 0.3) is 0 Å². The van der Waals surface area contributed by atoms with Gasteiger partial charge in [0.1, 0.15) is 5.78 Å². The smallest absolute Gasteiger partial charge is 0.137 e. The lowest BCUT2D eigenvalue weighted by molar-refractivity contribution is -0.124. The molecule has 3 heteroatoms. The Morgan fingerprint density at radius 2 is 1.75 bits per heavy atom. The van der Waals surface area contributed by atoms with Crippen LogP contribution in [-0.4, -0.2) is 19.0 Å². The molecule has 1 rings (SSSR count). The van der Waals surface area contributed by atoms with E-state index in [1.54, 1.807) is 0 Å². The van der Waals surface area contributed by atoms with E-state index in [-0.39, 0.29) is 6.15 Å². The Hall–Kier alpha value is -0.410. The zero-order valence-electron chi connectivity index (χ0n) is 4.59. The van der Waals surface area contributed by atoms with Crippen molar-refractivity contribution in [2.75, 3.05) is 13.2 Å². The van der Waals surface area contributed by atoms with Crippen molar-refractivity contribution in [2.45, 2.75) is 12.8 Å². The minimum absolute atomic E-state index is 0. The Kier molecular flexibility index (Phi) is 3.39. The normalized spacial score (nSPS) is 19.8. The molecule has 1 fully saturated rings. The summed E-state index contributed by atoms with van der Waals surface area (Å²) in [5.74, 6) is 0.339. The summed E-state index contributed by atoms with van der Waals surface area (Å²) in [6.07, 6.45) is 1.25. The molecule has 1 aliphatic rings. The highest BCUT2D eigenvalue weighted by Gasteiger charge is 2.06. The molecule has 3 nitrogen and oxygen atoms in total. The van der Waals surface area contributed by atoms with Crippen molar-refractivity contribution in [3.63, 3.8) is 0 Å². The highest BCUT2D eigenvalue weighted by atomic mass is 16.5. The topological polar surface area (TPSA) is 56.8 Å². The average Bonchev–Trinajstić information content (AvgIpc) is 1.69. The van der Waals surface area contributed by atoms with Gasteiger partial charge in [-0.2, -0.15) is 0 Å². The molecule has 0 bridgehead atoms. The van der Waals surface area contributed by atoms with E-state index in [0.29, 0.717) is 31.8 Å². The molecule has 1 saturated heterocycles. The van der Waals surface area contributed by atoms with Crippen LogP contribution < -0.4 is 6.15 Å². The second-order valence-electron chi connectivity index (χ2n) is 1.65. The lowest BCUT2D eigenvalue weighted by Crippen LogP contribution is -2.14. The summed E-state index contributed by atoms with van der Waals surface area (Å²) in [5.41, 5.74) is 0. The van der Waals surface area contributed by atoms with Gasteiger partial charge in [0.25, 0.3) is 0 Å². The van der Waals surface area contributed by atoms with Crippen LogP contribution in [0.2, 0.25) is 0 Å². The fraction of sp³-hybridized carbons (Fsp3) is 0.800. The van der Waals surface area contributed by atoms with Crippen LogP contribution in [0.4, 0.5) is 0 Å². The molecule has 0 spiro atoms. The zero-order chi connectivity index (χ0) is 5.11. The molecular formula is C5H8NO2. The monoisotopic (exact) mass is 114 g/mol. The second kappa shape index (κ2) is 3.57. The number of rotatable bonds is 0. The Morgan fingerprint density at radius 1 is 1.25 bits per heavy atom. The van der Waals surface area contributed by atoms with E-state index >= 15 is 0 Å². The first-order valence-electron chi connectivity index (χ1n) is 2.49. The standard InChI is InChI=1S/C5H8O2.N/c6-5-1-3-7-4-2-5;/h1-4H2;. The van der Waals surface area contributed by atoms with Crippen molar-refractivity contribution in [3.8, 4) is 0 Å². The van der Waals surface area contributed by atoms with Crippen molar-refractivity contribution < 1.29 is 9.53 Å². The first-order valence-corrected chi connectivity index (χ1v) is 2.49. The molecule has 0 saturated carbocycles. The number of ether oxygens (including phenoxy) is 1. The van der Waals surface area contributed by atoms with E-state index in [9.17, 15) is 4.79 Å². The van der Waals surface area contributed by atoms with Crippen molar-refractivity contribution in [2.24, 2.45) is 0 Å². The molecule has 0 aromatic heterocycles. The first-order chi connectivity index (χ1) is 3.39. The van der Waals surface area contributed by atoms with Crippen molar-refractivity contribution in [1.29, 1.82) is 0 Å². The van der Waals surface area contributed by atoms with Crippen molar-refractivity contribution in [3.05, 3.63) is 0 Å². The van der Waals surface area contributed by atoms with Crippen LogP contribution >= 0.6 is 0 Å². The van der Waals surface area contributed by atoms with Crippen molar-refractivity contribution >= 4 is 5.78 Å². The fourth-order valence-electron chi connectivity index (χ4n) is 0.599. The molecule has 0 N–H and O–H groups in total. The van der Waals surface area contributed by atoms with Gasteiger partial charge in [-0.25, -0.2) is 0 Å². The fourth-order valence-corrected chi connectivity index (χ4v) is 0.599. The van der Waals surface area contributed by atoms with Gasteiger partial charge in [0, 0.05) is 19.0 Å². The van der Waals surface area contributed by atoms with Gasteiger partial charge >= 0.3 is 0 Å². The predicted octanol–water partition coefficient (Wildman–Crippen LogP) is -0.115. The Labute approximate surface area is 48.6 Å². The highest BCUT2D eigenvalue weighted by molar-refractivity contribution is 5.78. The Bertz CT molecular complexity index is 74.5. The maximum Gasteiger partial charge on any atom is 0.137 e. The lowest BCUT2D eigenvalue weighted by atomic mass is 10.2. The summed E-state index contributed by atoms with van der Waals surface area (Å²) in [6, 6.07) is 0. The molecule has 8 heavy (non-hydrogen) atoms. The van der Waals surface area contributed by atoms with Gasteiger partial charge in [-0.05, 0) is 0 Å². The molecule has 1 aliphatic heterocycles. The number of nitrogens with zero attached hydrogens (tertiary/aromatic N) is 1. The van der Waals surface area contributed by atoms with Gasteiger partial charge in [0.2, 0.25) is 0 Å². The molecule has 0 amide bonds. The first kappa shape index (κ1) is 7.59. The van der Waals surface area contributed by atoms with Gasteiger partial charge in [-0.15, -0.1) is 0 Å². The Morgan fingerprint density at radius 3 is 2.00 bits per heavy atom. The van der Waals surface area contributed by atoms with Crippen LogP contribution in [0.3, 0.4) is 0 Å². The summed E-state index contributed by atoms with van der Waals surface area (Å²) in [6.45, 7) is 1.28. The third-order valence-electron chi connectivity index (χ3n) is 1.05. The van der Waals surface area contributed by atoms with Gasteiger partial charge in [0.15, 0.2) is 0 Å². The van der Waals surface area contributed by atoms with Crippen LogP contribution in [0.5, 0.6) is 0 Å². The number of carbonyl (C=O) groups excluding carboxylic acids is 1. The third kappa shape index (κ3) is 2.04. The van der Waals surface area contributed by atoms with Gasteiger partial charge in [-0.1, -0.05) is 0 Å². The van der Waals surface area contributed by atoms with E-state index in [4.69, 9.17) is 4.74 Å². The molecule has 1 heterocycles. The molecular weight excluding hydrogens is 106 g/mol. The maximum absolute atomic E-state index is 10.4. The number of ketones is 1. The lowest BCUT2D eigenvalue weighted by Gasteiger charge is -2.07. The maximum atomic E-state index is 10.4. The molecule has 45 valence electrons. The van der Waals surface area contributed by atoms with E-state index in [0.717, 1.165) is 0 Å². The molecule has 0 aromatic rings. The number of Topliss-reactive ketones (excluding diaryl/α,β-unsaturated/α-hetero) is 1. The molecule has 0 atom stereocenters. The molecule has 0 unspecified atom stereocenters. The van der Waals surface area contributed by atoms with Gasteiger partial charge < -0.3 is 4.74 Å². The largest absolute Gasteiger partial charge is 0.381 e. The molecule has 3 radical (unpaired) electrons. The minimum atomic E-state index is 0. The van der Waals surface area contributed by atoms with E-state index in [1.807, 2.05) is 0 Å². The number of hydrogen-bond donors (Lipinski definition) is 0. The molecule has 0 aromatic carbocycles. The quantitative estimate of drug-likeness (QED) is 0.441.